The third-order valence-electron chi connectivity index (χ3n) is 4.48. The fourth-order valence-electron chi connectivity index (χ4n) is 3.30. The Morgan fingerprint density at radius 3 is 2.92 bits per heavy atom. The third-order valence-corrected chi connectivity index (χ3v) is 5.46. The lowest BCUT2D eigenvalue weighted by Crippen LogP contribution is -2.38. The molecule has 0 amide bonds. The number of Topliss-reactive ketones (excluding diaryl/α,β-unsaturated/α-hetero) is 1. The highest BCUT2D eigenvalue weighted by atomic mass is 32.1. The lowest BCUT2D eigenvalue weighted by Gasteiger charge is -2.31. The van der Waals surface area contributed by atoms with Gasteiger partial charge in [0.2, 0.25) is 0 Å². The van der Waals surface area contributed by atoms with Crippen molar-refractivity contribution in [3.63, 3.8) is 0 Å². The van der Waals surface area contributed by atoms with E-state index in [-0.39, 0.29) is 11.7 Å². The summed E-state index contributed by atoms with van der Waals surface area (Å²) >= 11 is 1.80. The van der Waals surface area contributed by atoms with Crippen LogP contribution >= 0.6 is 11.3 Å². The number of rotatable bonds is 5. The Bertz CT molecular complexity index is 728. The van der Waals surface area contributed by atoms with Crippen LogP contribution in [0.2, 0.25) is 0 Å². The van der Waals surface area contributed by atoms with Crippen LogP contribution in [0.5, 0.6) is 5.75 Å². The van der Waals surface area contributed by atoms with Gasteiger partial charge in [0.15, 0.2) is 5.78 Å². The van der Waals surface area contributed by atoms with Gasteiger partial charge in [0, 0.05) is 28.8 Å². The Morgan fingerprint density at radius 2 is 2.21 bits per heavy atom. The van der Waals surface area contributed by atoms with Crippen LogP contribution in [0.1, 0.15) is 33.0 Å². The van der Waals surface area contributed by atoms with Crippen molar-refractivity contribution >= 4 is 17.1 Å². The van der Waals surface area contributed by atoms with Gasteiger partial charge < -0.3 is 4.74 Å². The number of ketones is 1. The summed E-state index contributed by atoms with van der Waals surface area (Å²) in [5, 5.41) is 0. The molecule has 3 nitrogen and oxygen atoms in total. The van der Waals surface area contributed by atoms with Crippen LogP contribution in [-0.2, 0) is 6.54 Å². The first-order chi connectivity index (χ1) is 11.6. The second-order valence-electron chi connectivity index (χ2n) is 6.30. The van der Waals surface area contributed by atoms with Crippen molar-refractivity contribution in [1.29, 1.82) is 0 Å². The minimum absolute atomic E-state index is 0.0154. The Labute approximate surface area is 146 Å². The molecule has 2 aromatic rings. The predicted molar refractivity (Wildman–Crippen MR) is 94.3 cm³/mol. The molecule has 0 unspecified atom stereocenters. The number of carbonyl (C=O) groups is 1. The van der Waals surface area contributed by atoms with Crippen molar-refractivity contribution < 1.29 is 13.9 Å². The van der Waals surface area contributed by atoms with E-state index in [2.05, 4.69) is 24.0 Å². The van der Waals surface area contributed by atoms with Gasteiger partial charge in [-0.1, -0.05) is 0 Å². The fraction of sp³-hybridized carbons (Fsp3) is 0.421. The molecule has 0 radical (unpaired) electrons. The van der Waals surface area contributed by atoms with E-state index in [9.17, 15) is 9.18 Å². The zero-order valence-electron chi connectivity index (χ0n) is 14.0. The van der Waals surface area contributed by atoms with E-state index in [1.165, 1.54) is 35.1 Å². The molecule has 1 aromatic carbocycles. The molecule has 1 aliphatic rings. The summed E-state index contributed by atoms with van der Waals surface area (Å²) in [6.45, 7) is 4.70. The second-order valence-corrected chi connectivity index (χ2v) is 7.67. The van der Waals surface area contributed by atoms with E-state index in [1.807, 2.05) is 0 Å². The van der Waals surface area contributed by atoms with E-state index in [1.54, 1.807) is 11.3 Å². The average molecular weight is 347 g/mol. The molecule has 0 aliphatic carbocycles. The van der Waals surface area contributed by atoms with Crippen molar-refractivity contribution in [2.24, 2.45) is 5.92 Å². The average Bonchev–Trinajstić information content (AvgIpc) is 2.99. The van der Waals surface area contributed by atoms with E-state index >= 15 is 0 Å². The van der Waals surface area contributed by atoms with Crippen LogP contribution in [0.3, 0.4) is 0 Å². The summed E-state index contributed by atoms with van der Waals surface area (Å²) in [5.41, 5.74) is 0.358. The van der Waals surface area contributed by atoms with Crippen LogP contribution in [-0.4, -0.2) is 30.9 Å². The summed E-state index contributed by atoms with van der Waals surface area (Å²) in [7, 11) is 1.51. The quantitative estimate of drug-likeness (QED) is 0.755. The van der Waals surface area contributed by atoms with Gasteiger partial charge in [-0.15, -0.1) is 11.3 Å². The van der Waals surface area contributed by atoms with Crippen molar-refractivity contribution in [1.82, 2.24) is 4.90 Å². The number of aryl methyl sites for hydroxylation is 1. The van der Waals surface area contributed by atoms with Crippen LogP contribution in [0.25, 0.3) is 0 Å². The number of carbonyl (C=O) groups excluding carboxylic acids is 1. The molecular weight excluding hydrogens is 325 g/mol. The molecule has 1 aromatic heterocycles. The largest absolute Gasteiger partial charge is 0.496 e. The summed E-state index contributed by atoms with van der Waals surface area (Å²) < 4.78 is 18.8. The first-order valence-electron chi connectivity index (χ1n) is 8.22. The van der Waals surface area contributed by atoms with Crippen LogP contribution in [0, 0.1) is 18.7 Å². The first kappa shape index (κ1) is 17.1. The minimum Gasteiger partial charge on any atom is -0.496 e. The number of methoxy groups -OCH3 is 1. The standard InChI is InChI=1S/C19H22FNO2S/c1-13-5-7-16(24-13)12-21-9-3-4-14(11-21)19(22)17-10-15(20)6-8-18(17)23-2/h5-8,10,14H,3-4,9,11-12H2,1-2H3/t14-/m1/s1. The number of likely N-dealkylation sites (tertiary alicyclic amines) is 1. The number of hydrogen-bond acceptors (Lipinski definition) is 4. The zero-order chi connectivity index (χ0) is 17.1. The SMILES string of the molecule is COc1ccc(F)cc1C(=O)[C@@H]1CCCN(Cc2ccc(C)s2)C1. The van der Waals surface area contributed by atoms with Crippen molar-refractivity contribution in [2.75, 3.05) is 20.2 Å². The molecule has 1 fully saturated rings. The molecule has 0 spiro atoms. The number of benzene rings is 1. The molecule has 3 rings (SSSR count). The lowest BCUT2D eigenvalue weighted by atomic mass is 9.89. The maximum absolute atomic E-state index is 13.6. The molecule has 2 heterocycles. The van der Waals surface area contributed by atoms with Gasteiger partial charge in [-0.3, -0.25) is 9.69 Å². The van der Waals surface area contributed by atoms with Gasteiger partial charge >= 0.3 is 0 Å². The van der Waals surface area contributed by atoms with Gasteiger partial charge in [-0.25, -0.2) is 4.39 Å². The molecule has 1 atom stereocenters. The van der Waals surface area contributed by atoms with E-state index < -0.39 is 5.82 Å². The summed E-state index contributed by atoms with van der Waals surface area (Å²) in [5.74, 6) is -0.0674. The van der Waals surface area contributed by atoms with Crippen molar-refractivity contribution in [2.45, 2.75) is 26.3 Å². The van der Waals surface area contributed by atoms with Gasteiger partial charge in [0.05, 0.1) is 12.7 Å². The Morgan fingerprint density at radius 1 is 1.38 bits per heavy atom. The Kier molecular flexibility index (Phi) is 5.31. The zero-order valence-corrected chi connectivity index (χ0v) is 14.9. The number of thiophene rings is 1. The molecule has 5 heteroatoms. The summed E-state index contributed by atoms with van der Waals surface area (Å²) in [6.07, 6.45) is 1.83. The van der Waals surface area contributed by atoms with Gasteiger partial charge in [0.25, 0.3) is 0 Å². The summed E-state index contributed by atoms with van der Waals surface area (Å²) in [4.78, 5) is 17.8. The topological polar surface area (TPSA) is 29.5 Å². The number of halogens is 1. The highest BCUT2D eigenvalue weighted by Gasteiger charge is 2.28. The molecule has 0 saturated carbocycles. The smallest absolute Gasteiger partial charge is 0.171 e. The fourth-order valence-corrected chi connectivity index (χ4v) is 4.23. The predicted octanol–water partition coefficient (Wildman–Crippen LogP) is 4.30. The molecular formula is C19H22FNO2S. The van der Waals surface area contributed by atoms with Gasteiger partial charge in [0.1, 0.15) is 11.6 Å². The highest BCUT2D eigenvalue weighted by Crippen LogP contribution is 2.28. The van der Waals surface area contributed by atoms with Gasteiger partial charge in [-0.05, 0) is 56.6 Å². The van der Waals surface area contributed by atoms with Crippen LogP contribution < -0.4 is 4.74 Å². The van der Waals surface area contributed by atoms with E-state index in [0.29, 0.717) is 11.3 Å². The second kappa shape index (κ2) is 7.45. The van der Waals surface area contributed by atoms with E-state index in [0.717, 1.165) is 32.5 Å². The van der Waals surface area contributed by atoms with Crippen molar-refractivity contribution in [3.05, 3.63) is 51.5 Å². The normalized spacial score (nSPS) is 18.5. The number of hydrogen-bond donors (Lipinski definition) is 0. The van der Waals surface area contributed by atoms with E-state index in [4.69, 9.17) is 4.74 Å². The maximum Gasteiger partial charge on any atom is 0.171 e. The van der Waals surface area contributed by atoms with Crippen LogP contribution in [0.15, 0.2) is 30.3 Å². The third kappa shape index (κ3) is 3.84. The Hall–Kier alpha value is -1.72. The Balaban J connectivity index is 1.72. The molecule has 0 bridgehead atoms. The lowest BCUT2D eigenvalue weighted by molar-refractivity contribution is 0.0809. The highest BCUT2D eigenvalue weighted by molar-refractivity contribution is 7.11. The van der Waals surface area contributed by atoms with Gasteiger partial charge in [-0.2, -0.15) is 0 Å². The summed E-state index contributed by atoms with van der Waals surface area (Å²) in [6, 6.07) is 8.42. The molecule has 1 saturated heterocycles. The molecule has 0 N–H and O–H groups in total. The van der Waals surface area contributed by atoms with Crippen LogP contribution in [0.4, 0.5) is 4.39 Å². The molecule has 24 heavy (non-hydrogen) atoms. The number of nitrogens with zero attached hydrogens (tertiary/aromatic N) is 1. The first-order valence-corrected chi connectivity index (χ1v) is 9.04. The number of piperidine rings is 1. The minimum atomic E-state index is -0.402. The van der Waals surface area contributed by atoms with Crippen molar-refractivity contribution in [3.8, 4) is 5.75 Å². The monoisotopic (exact) mass is 347 g/mol. The number of ether oxygens (including phenoxy) is 1. The molecule has 1 aliphatic heterocycles. The molecule has 128 valence electrons. The maximum atomic E-state index is 13.6.